The lowest BCUT2D eigenvalue weighted by Crippen LogP contribution is -2.07. The summed E-state index contributed by atoms with van der Waals surface area (Å²) in [7, 11) is 0. The highest BCUT2D eigenvalue weighted by Gasteiger charge is 2.30. The van der Waals surface area contributed by atoms with Gasteiger partial charge in [0.1, 0.15) is 0 Å². The second-order valence-electron chi connectivity index (χ2n) is 4.69. The Morgan fingerprint density at radius 2 is 1.83 bits per heavy atom. The molecule has 0 amide bonds. The summed E-state index contributed by atoms with van der Waals surface area (Å²) in [6.07, 6.45) is -4.41. The number of rotatable bonds is 4. The van der Waals surface area contributed by atoms with Crippen LogP contribution in [0.5, 0.6) is 0 Å². The van der Waals surface area contributed by atoms with Crippen molar-refractivity contribution in [1.29, 1.82) is 0 Å². The molecule has 0 saturated heterocycles. The minimum atomic E-state index is -4.41. The lowest BCUT2D eigenvalue weighted by atomic mass is 10.1. The molecule has 0 bridgehead atoms. The van der Waals surface area contributed by atoms with E-state index < -0.39 is 16.7 Å². The van der Waals surface area contributed by atoms with E-state index in [-0.39, 0.29) is 5.69 Å². The highest BCUT2D eigenvalue weighted by atomic mass is 19.4. The van der Waals surface area contributed by atoms with Gasteiger partial charge in [-0.3, -0.25) is 15.5 Å². The largest absolute Gasteiger partial charge is 0.416 e. The molecule has 0 fully saturated rings. The maximum absolute atomic E-state index is 12.7. The van der Waals surface area contributed by atoms with Gasteiger partial charge in [0.2, 0.25) is 0 Å². The first-order valence-corrected chi connectivity index (χ1v) is 6.50. The third-order valence-electron chi connectivity index (χ3n) is 3.04. The van der Waals surface area contributed by atoms with Crippen molar-refractivity contribution in [2.45, 2.75) is 13.1 Å². The fourth-order valence-electron chi connectivity index (χ4n) is 1.79. The van der Waals surface area contributed by atoms with Gasteiger partial charge in [-0.05, 0) is 36.8 Å². The second kappa shape index (κ2) is 6.47. The van der Waals surface area contributed by atoms with Gasteiger partial charge >= 0.3 is 6.18 Å². The fraction of sp³-hybridized carbons (Fsp3) is 0.133. The molecule has 2 rings (SSSR count). The van der Waals surface area contributed by atoms with E-state index in [1.807, 2.05) is 0 Å². The Balaban J connectivity index is 2.15. The molecule has 0 unspecified atom stereocenters. The zero-order valence-electron chi connectivity index (χ0n) is 12.0. The Morgan fingerprint density at radius 1 is 1.17 bits per heavy atom. The number of hydrazone groups is 1. The topological polar surface area (TPSA) is 67.5 Å². The molecule has 8 heteroatoms. The highest BCUT2D eigenvalue weighted by Crippen LogP contribution is 2.29. The monoisotopic (exact) mass is 323 g/mol. The fourth-order valence-corrected chi connectivity index (χ4v) is 1.79. The van der Waals surface area contributed by atoms with Crippen molar-refractivity contribution >= 4 is 17.1 Å². The molecule has 0 saturated carbocycles. The minimum absolute atomic E-state index is 0.0610. The Bertz CT molecular complexity index is 740. The van der Waals surface area contributed by atoms with Gasteiger partial charge in [0.25, 0.3) is 5.69 Å². The van der Waals surface area contributed by atoms with Crippen LogP contribution in [0.3, 0.4) is 0 Å². The molecule has 2 aromatic rings. The standard InChI is InChI=1S/C15H12F3N3O2/c1-10(11-3-2-4-12(9-11)15(16,17)18)19-20-13-5-7-14(8-6-13)21(22)23/h2-9,20H,1H3/b19-10-. The summed E-state index contributed by atoms with van der Waals surface area (Å²) >= 11 is 0. The van der Waals surface area contributed by atoms with Gasteiger partial charge in [-0.1, -0.05) is 12.1 Å². The van der Waals surface area contributed by atoms with E-state index in [1.165, 1.54) is 36.4 Å². The molecular formula is C15H12F3N3O2. The number of benzene rings is 2. The molecule has 0 aromatic heterocycles. The Morgan fingerprint density at radius 3 is 2.39 bits per heavy atom. The molecule has 5 nitrogen and oxygen atoms in total. The Hall–Kier alpha value is -2.90. The van der Waals surface area contributed by atoms with E-state index in [9.17, 15) is 23.3 Å². The van der Waals surface area contributed by atoms with Gasteiger partial charge in [-0.25, -0.2) is 0 Å². The van der Waals surface area contributed by atoms with Crippen molar-refractivity contribution in [2.24, 2.45) is 5.10 Å². The molecule has 1 N–H and O–H groups in total. The van der Waals surface area contributed by atoms with E-state index in [4.69, 9.17) is 0 Å². The lowest BCUT2D eigenvalue weighted by Gasteiger charge is -2.09. The van der Waals surface area contributed by atoms with Crippen molar-refractivity contribution in [3.05, 3.63) is 69.8 Å². The van der Waals surface area contributed by atoms with Gasteiger partial charge in [-0.15, -0.1) is 0 Å². The summed E-state index contributed by atoms with van der Waals surface area (Å²) < 4.78 is 38.0. The molecular weight excluding hydrogens is 311 g/mol. The maximum Gasteiger partial charge on any atom is 0.416 e. The third kappa shape index (κ3) is 4.29. The van der Waals surface area contributed by atoms with Crippen LogP contribution in [0.15, 0.2) is 53.6 Å². The first-order chi connectivity index (χ1) is 10.8. The van der Waals surface area contributed by atoms with Gasteiger partial charge in [-0.2, -0.15) is 18.3 Å². The van der Waals surface area contributed by atoms with E-state index in [1.54, 1.807) is 6.92 Å². The van der Waals surface area contributed by atoms with Crippen LogP contribution in [0.4, 0.5) is 24.5 Å². The van der Waals surface area contributed by atoms with Gasteiger partial charge in [0, 0.05) is 12.1 Å². The predicted octanol–water partition coefficient (Wildman–Crippen LogP) is 4.45. The molecule has 23 heavy (non-hydrogen) atoms. The number of nitro groups is 1. The normalized spacial score (nSPS) is 12.1. The summed E-state index contributed by atoms with van der Waals surface area (Å²) in [6, 6.07) is 10.3. The first kappa shape index (κ1) is 16.5. The number of alkyl halides is 3. The minimum Gasteiger partial charge on any atom is -0.278 e. The van der Waals surface area contributed by atoms with Crippen LogP contribution in [0, 0.1) is 10.1 Å². The molecule has 2 aromatic carbocycles. The molecule has 0 atom stereocenters. The highest BCUT2D eigenvalue weighted by molar-refractivity contribution is 5.99. The number of hydrogen-bond acceptors (Lipinski definition) is 4. The predicted molar refractivity (Wildman–Crippen MR) is 80.4 cm³/mol. The van der Waals surface area contributed by atoms with E-state index in [2.05, 4.69) is 10.5 Å². The van der Waals surface area contributed by atoms with Crippen LogP contribution in [-0.4, -0.2) is 10.6 Å². The van der Waals surface area contributed by atoms with E-state index >= 15 is 0 Å². The van der Waals surface area contributed by atoms with Crippen LogP contribution in [0.1, 0.15) is 18.1 Å². The number of non-ortho nitro benzene ring substituents is 1. The third-order valence-corrected chi connectivity index (χ3v) is 3.04. The van der Waals surface area contributed by atoms with Crippen molar-refractivity contribution in [2.75, 3.05) is 5.43 Å². The number of nitro benzene ring substituents is 1. The van der Waals surface area contributed by atoms with Crippen LogP contribution < -0.4 is 5.43 Å². The molecule has 0 aliphatic rings. The summed E-state index contributed by atoms with van der Waals surface area (Å²) in [4.78, 5) is 10.0. The van der Waals surface area contributed by atoms with Crippen LogP contribution in [0.25, 0.3) is 0 Å². The average molecular weight is 323 g/mol. The number of halogens is 3. The van der Waals surface area contributed by atoms with Gasteiger partial charge in [0.05, 0.1) is 21.9 Å². The zero-order chi connectivity index (χ0) is 17.0. The summed E-state index contributed by atoms with van der Waals surface area (Å²) in [6.45, 7) is 1.56. The van der Waals surface area contributed by atoms with Gasteiger partial charge in [0.15, 0.2) is 0 Å². The molecule has 0 aliphatic carbocycles. The smallest absolute Gasteiger partial charge is 0.278 e. The van der Waals surface area contributed by atoms with Crippen molar-refractivity contribution in [3.8, 4) is 0 Å². The number of anilines is 1. The van der Waals surface area contributed by atoms with E-state index in [0.29, 0.717) is 17.0 Å². The first-order valence-electron chi connectivity index (χ1n) is 6.50. The Kier molecular flexibility index (Phi) is 4.63. The maximum atomic E-state index is 12.7. The van der Waals surface area contributed by atoms with Crippen LogP contribution >= 0.6 is 0 Å². The van der Waals surface area contributed by atoms with Crippen molar-refractivity contribution in [3.63, 3.8) is 0 Å². The SMILES string of the molecule is C/C(=N/Nc1ccc([N+](=O)[O-])cc1)c1cccc(C(F)(F)F)c1. The zero-order valence-corrected chi connectivity index (χ0v) is 12.0. The molecule has 0 heterocycles. The molecule has 0 radical (unpaired) electrons. The van der Waals surface area contributed by atoms with Gasteiger partial charge < -0.3 is 0 Å². The summed E-state index contributed by atoms with van der Waals surface area (Å²) in [5, 5.41) is 14.5. The summed E-state index contributed by atoms with van der Waals surface area (Å²) in [5.74, 6) is 0. The number of hydrogen-bond donors (Lipinski definition) is 1. The number of nitrogens with one attached hydrogen (secondary N) is 1. The van der Waals surface area contributed by atoms with Crippen LogP contribution in [-0.2, 0) is 6.18 Å². The van der Waals surface area contributed by atoms with Crippen molar-refractivity contribution in [1.82, 2.24) is 0 Å². The molecule has 0 spiro atoms. The summed E-state index contributed by atoms with van der Waals surface area (Å²) in [5.41, 5.74) is 3.01. The van der Waals surface area contributed by atoms with Crippen LogP contribution in [0.2, 0.25) is 0 Å². The second-order valence-corrected chi connectivity index (χ2v) is 4.69. The lowest BCUT2D eigenvalue weighted by molar-refractivity contribution is -0.384. The average Bonchev–Trinajstić information content (AvgIpc) is 2.52. The number of nitrogens with zero attached hydrogens (tertiary/aromatic N) is 2. The van der Waals surface area contributed by atoms with E-state index in [0.717, 1.165) is 12.1 Å². The molecule has 0 aliphatic heterocycles. The Labute approximate surface area is 129 Å². The van der Waals surface area contributed by atoms with Crippen molar-refractivity contribution < 1.29 is 18.1 Å². The quantitative estimate of drug-likeness (QED) is 0.513. The molecule has 120 valence electrons.